The fourth-order valence-electron chi connectivity index (χ4n) is 1.64. The minimum Gasteiger partial charge on any atom is -0.382 e. The Hall–Kier alpha value is -1.04. The highest BCUT2D eigenvalue weighted by Gasteiger charge is 2.17. The summed E-state index contributed by atoms with van der Waals surface area (Å²) in [5, 5.41) is 0. The van der Waals surface area contributed by atoms with Crippen molar-refractivity contribution in [3.8, 4) is 0 Å². The van der Waals surface area contributed by atoms with E-state index in [1.54, 1.807) is 7.11 Å². The van der Waals surface area contributed by atoms with Crippen LogP contribution >= 0.6 is 0 Å². The fourth-order valence-corrected chi connectivity index (χ4v) is 1.64. The summed E-state index contributed by atoms with van der Waals surface area (Å²) in [6.07, 6.45) is 1.34. The Labute approximate surface area is 99.9 Å². The highest BCUT2D eigenvalue weighted by molar-refractivity contribution is 5.22. The molecule has 3 nitrogen and oxygen atoms in total. The predicted molar refractivity (Wildman–Crippen MR) is 62.1 cm³/mol. The molecule has 0 fully saturated rings. The summed E-state index contributed by atoms with van der Waals surface area (Å²) >= 11 is 0. The maximum atomic E-state index is 13.5. The number of hydrogen-bond donors (Lipinski definition) is 2. The van der Waals surface area contributed by atoms with Crippen LogP contribution in [0.3, 0.4) is 0 Å². The van der Waals surface area contributed by atoms with Crippen LogP contribution in [0, 0.1) is 11.6 Å². The molecule has 0 aliphatic rings. The molecule has 0 aliphatic carbocycles. The van der Waals surface area contributed by atoms with Gasteiger partial charge in [-0.2, -0.15) is 0 Å². The molecule has 17 heavy (non-hydrogen) atoms. The Kier molecular flexibility index (Phi) is 5.47. The van der Waals surface area contributed by atoms with E-state index in [-0.39, 0.29) is 11.7 Å². The van der Waals surface area contributed by atoms with Gasteiger partial charge in [-0.05, 0) is 25.8 Å². The van der Waals surface area contributed by atoms with Crippen LogP contribution in [0.5, 0.6) is 0 Å². The van der Waals surface area contributed by atoms with E-state index in [4.69, 9.17) is 10.6 Å². The second-order valence-corrected chi connectivity index (χ2v) is 3.99. The molecule has 2 unspecified atom stereocenters. The van der Waals surface area contributed by atoms with Gasteiger partial charge in [0.25, 0.3) is 0 Å². The van der Waals surface area contributed by atoms with Gasteiger partial charge in [-0.25, -0.2) is 8.78 Å². The zero-order valence-corrected chi connectivity index (χ0v) is 10.0. The third-order valence-corrected chi connectivity index (χ3v) is 2.82. The molecule has 0 aromatic heterocycles. The van der Waals surface area contributed by atoms with Crippen molar-refractivity contribution in [1.82, 2.24) is 5.43 Å². The largest absolute Gasteiger partial charge is 0.382 e. The average molecular weight is 244 g/mol. The van der Waals surface area contributed by atoms with Crippen molar-refractivity contribution in [3.05, 3.63) is 35.4 Å². The number of halogens is 2. The van der Waals surface area contributed by atoms with E-state index >= 15 is 0 Å². The third-order valence-electron chi connectivity index (χ3n) is 2.82. The first-order chi connectivity index (χ1) is 8.10. The molecule has 0 spiro atoms. The minimum absolute atomic E-state index is 0.0578. The third kappa shape index (κ3) is 3.73. The van der Waals surface area contributed by atoms with E-state index in [0.717, 1.165) is 6.07 Å². The summed E-state index contributed by atoms with van der Waals surface area (Å²) in [4.78, 5) is 0. The van der Waals surface area contributed by atoms with Crippen LogP contribution in [0.4, 0.5) is 8.78 Å². The molecule has 1 rings (SSSR count). The number of nitrogens with two attached hydrogens (primary N) is 1. The summed E-state index contributed by atoms with van der Waals surface area (Å²) in [7, 11) is 1.61. The van der Waals surface area contributed by atoms with Crippen molar-refractivity contribution in [2.75, 3.05) is 7.11 Å². The molecular formula is C12H18F2N2O. The highest BCUT2D eigenvalue weighted by atomic mass is 19.2. The van der Waals surface area contributed by atoms with Crippen molar-refractivity contribution in [1.29, 1.82) is 0 Å². The van der Waals surface area contributed by atoms with Crippen LogP contribution in [-0.2, 0) is 4.74 Å². The zero-order valence-electron chi connectivity index (χ0n) is 10.0. The first-order valence-electron chi connectivity index (χ1n) is 5.53. The van der Waals surface area contributed by atoms with Gasteiger partial charge in [-0.15, -0.1) is 0 Å². The Balaban J connectivity index is 2.76. The fraction of sp³-hybridized carbons (Fsp3) is 0.500. The maximum absolute atomic E-state index is 13.5. The van der Waals surface area contributed by atoms with E-state index in [2.05, 4.69) is 5.43 Å². The summed E-state index contributed by atoms with van der Waals surface area (Å²) in [5.41, 5.74) is 2.75. The van der Waals surface area contributed by atoms with Crippen molar-refractivity contribution < 1.29 is 13.5 Å². The summed E-state index contributed by atoms with van der Waals surface area (Å²) in [6.45, 7) is 1.91. The van der Waals surface area contributed by atoms with Crippen molar-refractivity contribution in [2.45, 2.75) is 31.9 Å². The normalized spacial score (nSPS) is 14.6. The monoisotopic (exact) mass is 244 g/mol. The lowest BCUT2D eigenvalue weighted by molar-refractivity contribution is 0.106. The Bertz CT molecular complexity index is 360. The van der Waals surface area contributed by atoms with E-state index < -0.39 is 17.7 Å². The van der Waals surface area contributed by atoms with Gasteiger partial charge in [0.05, 0.1) is 6.10 Å². The Morgan fingerprint density at radius 2 is 2.06 bits per heavy atom. The average Bonchev–Trinajstić information content (AvgIpc) is 2.34. The number of methoxy groups -OCH3 is 1. The molecule has 0 heterocycles. The van der Waals surface area contributed by atoms with Crippen LogP contribution in [0.15, 0.2) is 18.2 Å². The number of rotatable bonds is 6. The smallest absolute Gasteiger partial charge is 0.163 e. The number of benzene rings is 1. The molecular weight excluding hydrogens is 226 g/mol. The van der Waals surface area contributed by atoms with Crippen LogP contribution in [0.2, 0.25) is 0 Å². The Morgan fingerprint density at radius 1 is 1.35 bits per heavy atom. The van der Waals surface area contributed by atoms with Gasteiger partial charge in [0.1, 0.15) is 0 Å². The first-order valence-corrected chi connectivity index (χ1v) is 5.53. The SMILES string of the molecule is COC(C)CCC(NN)c1cccc(F)c1F. The van der Waals surface area contributed by atoms with Crippen molar-refractivity contribution in [3.63, 3.8) is 0 Å². The quantitative estimate of drug-likeness (QED) is 0.596. The molecule has 3 N–H and O–H groups in total. The van der Waals surface area contributed by atoms with Gasteiger partial charge in [0, 0.05) is 18.7 Å². The lowest BCUT2D eigenvalue weighted by Crippen LogP contribution is -2.29. The maximum Gasteiger partial charge on any atom is 0.163 e. The summed E-state index contributed by atoms with van der Waals surface area (Å²) in [5.74, 6) is 3.67. The number of hydrazine groups is 1. The van der Waals surface area contributed by atoms with Gasteiger partial charge < -0.3 is 4.74 Å². The molecule has 0 saturated heterocycles. The van der Waals surface area contributed by atoms with Gasteiger partial charge >= 0.3 is 0 Å². The highest BCUT2D eigenvalue weighted by Crippen LogP contribution is 2.23. The Morgan fingerprint density at radius 3 is 2.65 bits per heavy atom. The molecule has 0 aliphatic heterocycles. The van der Waals surface area contributed by atoms with Crippen LogP contribution < -0.4 is 11.3 Å². The second-order valence-electron chi connectivity index (χ2n) is 3.99. The number of ether oxygens (including phenoxy) is 1. The molecule has 0 bridgehead atoms. The van der Waals surface area contributed by atoms with Crippen LogP contribution in [-0.4, -0.2) is 13.2 Å². The molecule has 0 saturated carbocycles. The summed E-state index contributed by atoms with van der Waals surface area (Å²) in [6, 6.07) is 3.67. The van der Waals surface area contributed by atoms with Gasteiger partial charge in [0.2, 0.25) is 0 Å². The van der Waals surface area contributed by atoms with E-state index in [1.807, 2.05) is 6.92 Å². The van der Waals surface area contributed by atoms with Gasteiger partial charge in [0.15, 0.2) is 11.6 Å². The van der Waals surface area contributed by atoms with E-state index in [9.17, 15) is 8.78 Å². The molecule has 2 atom stereocenters. The summed E-state index contributed by atoms with van der Waals surface area (Å²) < 4.78 is 31.7. The lowest BCUT2D eigenvalue weighted by atomic mass is 10.0. The zero-order chi connectivity index (χ0) is 12.8. The molecule has 5 heteroatoms. The predicted octanol–water partition coefficient (Wildman–Crippen LogP) is 2.28. The van der Waals surface area contributed by atoms with Crippen LogP contribution in [0.25, 0.3) is 0 Å². The molecule has 96 valence electrons. The standard InChI is InChI=1S/C12H18F2N2O/c1-8(17-2)6-7-11(16-15)9-4-3-5-10(13)12(9)14/h3-5,8,11,16H,6-7,15H2,1-2H3. The number of nitrogens with one attached hydrogen (secondary N) is 1. The number of hydrogen-bond acceptors (Lipinski definition) is 3. The van der Waals surface area contributed by atoms with Crippen molar-refractivity contribution in [2.24, 2.45) is 5.84 Å². The van der Waals surface area contributed by atoms with E-state index in [1.165, 1.54) is 12.1 Å². The van der Waals surface area contributed by atoms with Gasteiger partial charge in [-0.1, -0.05) is 12.1 Å². The van der Waals surface area contributed by atoms with E-state index in [0.29, 0.717) is 12.8 Å². The topological polar surface area (TPSA) is 47.3 Å². The van der Waals surface area contributed by atoms with Gasteiger partial charge in [-0.3, -0.25) is 11.3 Å². The van der Waals surface area contributed by atoms with Crippen molar-refractivity contribution >= 4 is 0 Å². The molecule has 0 amide bonds. The second kappa shape index (κ2) is 6.64. The molecule has 1 aromatic carbocycles. The van der Waals surface area contributed by atoms with Crippen LogP contribution in [0.1, 0.15) is 31.4 Å². The molecule has 1 aromatic rings. The minimum atomic E-state index is -0.859. The first kappa shape index (κ1) is 14.0. The molecule has 0 radical (unpaired) electrons. The lowest BCUT2D eigenvalue weighted by Gasteiger charge is -2.19.